The van der Waals surface area contributed by atoms with E-state index in [0.29, 0.717) is 24.4 Å². The molecule has 11 heteroatoms. The molecule has 0 atom stereocenters. The molecule has 35 heavy (non-hydrogen) atoms. The maximum absolute atomic E-state index is 13.5. The third kappa shape index (κ3) is 4.36. The number of imidazole rings is 1. The van der Waals surface area contributed by atoms with E-state index in [-0.39, 0.29) is 37.1 Å². The number of benzene rings is 1. The van der Waals surface area contributed by atoms with Gasteiger partial charge < -0.3 is 19.9 Å². The van der Waals surface area contributed by atoms with Gasteiger partial charge in [-0.2, -0.15) is 0 Å². The monoisotopic (exact) mass is 522 g/mol. The molecule has 0 spiro atoms. The highest BCUT2D eigenvalue weighted by molar-refractivity contribution is 7.94. The Kier molecular flexibility index (Phi) is 6.30. The largest absolute Gasteiger partial charge is 0.389 e. The lowest BCUT2D eigenvalue weighted by Gasteiger charge is -2.41. The topological polar surface area (TPSA) is 122 Å². The van der Waals surface area contributed by atoms with E-state index in [1.165, 1.54) is 38.8 Å². The van der Waals surface area contributed by atoms with Gasteiger partial charge in [0.05, 0.1) is 21.3 Å². The molecule has 0 unspecified atom stereocenters. The number of rotatable bonds is 8. The van der Waals surface area contributed by atoms with Crippen molar-refractivity contribution >= 4 is 33.3 Å². The summed E-state index contributed by atoms with van der Waals surface area (Å²) in [5.41, 5.74) is -0.316. The minimum Gasteiger partial charge on any atom is -0.389 e. The van der Waals surface area contributed by atoms with Crippen LogP contribution < -0.4 is 5.32 Å². The number of hydrogen-bond donors (Lipinski definition) is 2. The summed E-state index contributed by atoms with van der Waals surface area (Å²) in [7, 11) is -3.77. The van der Waals surface area contributed by atoms with E-state index < -0.39 is 30.8 Å². The summed E-state index contributed by atoms with van der Waals surface area (Å²) < 4.78 is 26.2. The average Bonchev–Trinajstić information content (AvgIpc) is 3.44. The van der Waals surface area contributed by atoms with Crippen LogP contribution >= 0.6 is 11.6 Å². The number of fused-ring (bicyclic) bond motifs is 1. The van der Waals surface area contributed by atoms with Crippen LogP contribution in [0.1, 0.15) is 67.2 Å². The summed E-state index contributed by atoms with van der Waals surface area (Å²) in [5, 5.41) is 13.9. The number of amides is 2. The average molecular weight is 523 g/mol. The van der Waals surface area contributed by atoms with Crippen LogP contribution in [0.3, 0.4) is 0 Å². The summed E-state index contributed by atoms with van der Waals surface area (Å²) in [6.45, 7) is 6.98. The molecule has 0 bridgehead atoms. The van der Waals surface area contributed by atoms with E-state index in [9.17, 15) is 23.1 Å². The molecule has 2 N–H and O–H groups in total. The Morgan fingerprint density at radius 2 is 1.80 bits per heavy atom. The molecule has 2 heterocycles. The molecule has 0 saturated heterocycles. The first-order valence-corrected chi connectivity index (χ1v) is 13.4. The molecule has 1 fully saturated rings. The normalized spacial score (nSPS) is 17.8. The molecule has 1 aromatic heterocycles. The Labute approximate surface area is 210 Å². The van der Waals surface area contributed by atoms with Gasteiger partial charge in [0, 0.05) is 31.2 Å². The summed E-state index contributed by atoms with van der Waals surface area (Å²) in [6, 6.07) is 7.10. The highest BCUT2D eigenvalue weighted by Gasteiger charge is 2.64. The minimum absolute atomic E-state index is 0.0525. The molecule has 4 rings (SSSR count). The van der Waals surface area contributed by atoms with Gasteiger partial charge in [-0.25, -0.2) is 13.4 Å². The second-order valence-electron chi connectivity index (χ2n) is 10.4. The Morgan fingerprint density at radius 3 is 2.37 bits per heavy atom. The van der Waals surface area contributed by atoms with Crippen molar-refractivity contribution in [3.05, 3.63) is 52.6 Å². The van der Waals surface area contributed by atoms with E-state index in [0.717, 1.165) is 5.56 Å². The van der Waals surface area contributed by atoms with Crippen molar-refractivity contribution < 1.29 is 23.1 Å². The standard InChI is InChI=1S/C24H31ClN4O5S/c1-22(2,32)23(3,4)35(33,34)24(9-10-24)15-28-11-12-29-18(21(28)31)14-26-19(29)20(30)27-13-16-5-7-17(25)8-6-16/h5-8,14,32H,9-13,15H2,1-4H3,(H,27,30). The zero-order valence-electron chi connectivity index (χ0n) is 20.3. The van der Waals surface area contributed by atoms with Crippen molar-refractivity contribution in [2.45, 2.75) is 68.7 Å². The van der Waals surface area contributed by atoms with Crippen LogP contribution in [-0.2, 0) is 22.9 Å². The SMILES string of the molecule is CC(C)(O)C(C)(C)S(=O)(=O)C1(CN2CCn3c(cnc3C(=O)NCc3ccc(Cl)cc3)C2=O)CC1. The van der Waals surface area contributed by atoms with Crippen molar-refractivity contribution in [1.29, 1.82) is 0 Å². The van der Waals surface area contributed by atoms with Crippen LogP contribution in [0.5, 0.6) is 0 Å². The van der Waals surface area contributed by atoms with Crippen molar-refractivity contribution in [1.82, 2.24) is 19.8 Å². The predicted octanol–water partition coefficient (Wildman–Crippen LogP) is 2.42. The highest BCUT2D eigenvalue weighted by Crippen LogP contribution is 2.51. The number of carbonyl (C=O) groups excluding carboxylic acids is 2. The minimum atomic E-state index is -3.77. The number of hydrogen-bond acceptors (Lipinski definition) is 6. The number of carbonyl (C=O) groups is 2. The van der Waals surface area contributed by atoms with E-state index in [1.807, 2.05) is 12.1 Å². The van der Waals surface area contributed by atoms with Gasteiger partial charge in [-0.3, -0.25) is 9.59 Å². The first kappa shape index (κ1) is 25.7. The molecule has 1 aliphatic carbocycles. The summed E-state index contributed by atoms with van der Waals surface area (Å²) in [4.78, 5) is 31.6. The Bertz CT molecular complexity index is 1260. The maximum atomic E-state index is 13.5. The lowest BCUT2D eigenvalue weighted by atomic mass is 9.94. The number of aromatic nitrogens is 2. The first-order valence-electron chi connectivity index (χ1n) is 11.5. The third-order valence-corrected chi connectivity index (χ3v) is 11.3. The fourth-order valence-corrected chi connectivity index (χ4v) is 7.15. The van der Waals surface area contributed by atoms with Gasteiger partial charge in [0.1, 0.15) is 5.69 Å². The maximum Gasteiger partial charge on any atom is 0.287 e. The van der Waals surface area contributed by atoms with Crippen LogP contribution in [0.2, 0.25) is 5.02 Å². The molecule has 0 radical (unpaired) electrons. The highest BCUT2D eigenvalue weighted by atomic mass is 35.5. The second-order valence-corrected chi connectivity index (χ2v) is 13.7. The number of sulfone groups is 1. The zero-order valence-corrected chi connectivity index (χ0v) is 21.9. The molecule has 1 saturated carbocycles. The molecular weight excluding hydrogens is 492 g/mol. The van der Waals surface area contributed by atoms with E-state index >= 15 is 0 Å². The summed E-state index contributed by atoms with van der Waals surface area (Å²) in [5.74, 6) is -0.623. The van der Waals surface area contributed by atoms with Crippen LogP contribution in [0.15, 0.2) is 30.5 Å². The van der Waals surface area contributed by atoms with Gasteiger partial charge >= 0.3 is 0 Å². The fraction of sp³-hybridized carbons (Fsp3) is 0.542. The zero-order chi connectivity index (χ0) is 25.8. The fourth-order valence-electron chi connectivity index (χ4n) is 4.32. The van der Waals surface area contributed by atoms with Crippen molar-refractivity contribution in [3.8, 4) is 0 Å². The lowest BCUT2D eigenvalue weighted by molar-refractivity contribution is 0.0445. The van der Waals surface area contributed by atoms with Crippen LogP contribution in [0, 0.1) is 0 Å². The Hall–Kier alpha value is -2.43. The van der Waals surface area contributed by atoms with Crippen molar-refractivity contribution in [2.24, 2.45) is 0 Å². The Morgan fingerprint density at radius 1 is 1.17 bits per heavy atom. The van der Waals surface area contributed by atoms with E-state index in [2.05, 4.69) is 10.3 Å². The smallest absolute Gasteiger partial charge is 0.287 e. The van der Waals surface area contributed by atoms with Crippen molar-refractivity contribution in [2.75, 3.05) is 13.1 Å². The molecule has 9 nitrogen and oxygen atoms in total. The van der Waals surface area contributed by atoms with Crippen molar-refractivity contribution in [3.63, 3.8) is 0 Å². The lowest BCUT2D eigenvalue weighted by Crippen LogP contribution is -2.58. The second kappa shape index (κ2) is 8.60. The number of nitrogens with zero attached hydrogens (tertiary/aromatic N) is 3. The van der Waals surface area contributed by atoms with Gasteiger partial charge in [-0.1, -0.05) is 23.7 Å². The summed E-state index contributed by atoms with van der Waals surface area (Å²) >= 11 is 5.89. The van der Waals surface area contributed by atoms with Gasteiger partial charge in [0.15, 0.2) is 15.7 Å². The summed E-state index contributed by atoms with van der Waals surface area (Å²) in [6.07, 6.45) is 2.24. The van der Waals surface area contributed by atoms with Gasteiger partial charge in [0.25, 0.3) is 11.8 Å². The van der Waals surface area contributed by atoms with Gasteiger partial charge in [0.2, 0.25) is 0 Å². The van der Waals surface area contributed by atoms with E-state index in [4.69, 9.17) is 11.6 Å². The third-order valence-electron chi connectivity index (χ3n) is 7.53. The number of halogens is 1. The molecule has 2 amide bonds. The van der Waals surface area contributed by atoms with Gasteiger partial charge in [-0.15, -0.1) is 0 Å². The number of aliphatic hydroxyl groups is 1. The van der Waals surface area contributed by atoms with E-state index in [1.54, 1.807) is 16.7 Å². The number of nitrogens with one attached hydrogen (secondary N) is 1. The molecule has 1 aromatic carbocycles. The Balaban J connectivity index is 1.48. The molecule has 2 aliphatic rings. The van der Waals surface area contributed by atoms with Crippen LogP contribution in [0.4, 0.5) is 0 Å². The molecular formula is C24H31ClN4O5S. The van der Waals surface area contributed by atoms with Crippen LogP contribution in [-0.4, -0.2) is 68.0 Å². The molecule has 2 aromatic rings. The molecule has 1 aliphatic heterocycles. The first-order chi connectivity index (χ1) is 16.2. The van der Waals surface area contributed by atoms with Gasteiger partial charge in [-0.05, 0) is 58.2 Å². The van der Waals surface area contributed by atoms with Crippen LogP contribution in [0.25, 0.3) is 0 Å². The molecule has 190 valence electrons. The predicted molar refractivity (Wildman–Crippen MR) is 132 cm³/mol. The quantitative estimate of drug-likeness (QED) is 0.549.